The predicted molar refractivity (Wildman–Crippen MR) is 77.1 cm³/mol. The van der Waals surface area contributed by atoms with Crippen LogP contribution in [0, 0.1) is 0 Å². The Balaban J connectivity index is 2.75. The van der Waals surface area contributed by atoms with E-state index in [1.165, 1.54) is 0 Å². The standard InChI is InChI=1S/C13H14N4O7/c14-16-15-6-11(19)17(10(7-18)12(20)21)24-13(22)23-8-9-4-2-1-3-5-9/h1-5,10,18H,6-8H2,(H,20,21). The molecule has 1 aromatic carbocycles. The highest BCUT2D eigenvalue weighted by Gasteiger charge is 2.33. The van der Waals surface area contributed by atoms with Gasteiger partial charge in [-0.15, -0.1) is 0 Å². The Labute approximate surface area is 135 Å². The Morgan fingerprint density at radius 3 is 2.50 bits per heavy atom. The second-order valence-corrected chi connectivity index (χ2v) is 4.26. The summed E-state index contributed by atoms with van der Waals surface area (Å²) >= 11 is 0. The molecule has 0 radical (unpaired) electrons. The Hall–Kier alpha value is -3.30. The van der Waals surface area contributed by atoms with E-state index in [-0.39, 0.29) is 11.7 Å². The van der Waals surface area contributed by atoms with Crippen LogP contribution in [0.1, 0.15) is 5.56 Å². The van der Waals surface area contributed by atoms with Crippen LogP contribution in [0.3, 0.4) is 0 Å². The summed E-state index contributed by atoms with van der Waals surface area (Å²) in [6, 6.07) is 6.67. The first-order chi connectivity index (χ1) is 11.5. The number of hydroxylamine groups is 2. The second kappa shape index (κ2) is 9.66. The van der Waals surface area contributed by atoms with E-state index in [1.54, 1.807) is 30.3 Å². The van der Waals surface area contributed by atoms with Crippen molar-refractivity contribution in [3.05, 3.63) is 46.3 Å². The minimum absolute atomic E-state index is 0.102. The van der Waals surface area contributed by atoms with E-state index in [4.69, 9.17) is 20.5 Å². The third-order valence-corrected chi connectivity index (χ3v) is 2.63. The van der Waals surface area contributed by atoms with Gasteiger partial charge in [0.2, 0.25) is 0 Å². The Bertz CT molecular complexity index is 630. The molecule has 1 amide bonds. The summed E-state index contributed by atoms with van der Waals surface area (Å²) < 4.78 is 4.75. The zero-order valence-corrected chi connectivity index (χ0v) is 12.3. The van der Waals surface area contributed by atoms with Crippen molar-refractivity contribution in [3.63, 3.8) is 0 Å². The molecule has 1 atom stereocenters. The first-order valence-corrected chi connectivity index (χ1v) is 6.54. The van der Waals surface area contributed by atoms with Gasteiger partial charge in [0.25, 0.3) is 5.91 Å². The van der Waals surface area contributed by atoms with Crippen LogP contribution in [-0.4, -0.2) is 52.5 Å². The molecular formula is C13H14N4O7. The number of hydrogen-bond acceptors (Lipinski definition) is 7. The summed E-state index contributed by atoms with van der Waals surface area (Å²) in [4.78, 5) is 41.3. The molecule has 0 aliphatic rings. The molecule has 1 rings (SSSR count). The molecule has 0 bridgehead atoms. The molecule has 11 nitrogen and oxygen atoms in total. The van der Waals surface area contributed by atoms with Crippen molar-refractivity contribution in [2.75, 3.05) is 13.2 Å². The van der Waals surface area contributed by atoms with Gasteiger partial charge in [0.05, 0.1) is 6.61 Å². The molecular weight excluding hydrogens is 324 g/mol. The number of azide groups is 1. The predicted octanol–water partition coefficient (Wildman–Crippen LogP) is 0.839. The number of carboxylic acids is 1. The molecule has 0 aliphatic heterocycles. The number of carbonyl (C=O) groups is 3. The van der Waals surface area contributed by atoms with Crippen molar-refractivity contribution >= 4 is 18.0 Å². The third-order valence-electron chi connectivity index (χ3n) is 2.63. The normalized spacial score (nSPS) is 10.9. The van der Waals surface area contributed by atoms with Crippen molar-refractivity contribution < 1.29 is 34.2 Å². The minimum atomic E-state index is -1.87. The average molecular weight is 338 g/mol. The van der Waals surface area contributed by atoms with Crippen LogP contribution in [-0.2, 0) is 25.8 Å². The lowest BCUT2D eigenvalue weighted by molar-refractivity contribution is -0.194. The minimum Gasteiger partial charge on any atom is -0.480 e. The molecule has 0 saturated carbocycles. The van der Waals surface area contributed by atoms with E-state index in [1.807, 2.05) is 0 Å². The topological polar surface area (TPSA) is 162 Å². The fraction of sp³-hybridized carbons (Fsp3) is 0.308. The SMILES string of the molecule is [N-]=[N+]=NCC(=O)N(OC(=O)OCc1ccccc1)C(CO)C(=O)O. The van der Waals surface area contributed by atoms with Gasteiger partial charge in [-0.1, -0.05) is 35.4 Å². The molecule has 0 heterocycles. The van der Waals surface area contributed by atoms with E-state index >= 15 is 0 Å². The second-order valence-electron chi connectivity index (χ2n) is 4.26. The molecule has 11 heteroatoms. The van der Waals surface area contributed by atoms with Crippen LogP contribution >= 0.6 is 0 Å². The van der Waals surface area contributed by atoms with Gasteiger partial charge in [-0.25, -0.2) is 9.59 Å². The van der Waals surface area contributed by atoms with Crippen molar-refractivity contribution in [2.45, 2.75) is 12.6 Å². The number of benzene rings is 1. The average Bonchev–Trinajstić information content (AvgIpc) is 2.58. The van der Waals surface area contributed by atoms with Gasteiger partial charge in [0, 0.05) is 4.91 Å². The van der Waals surface area contributed by atoms with Crippen LogP contribution in [0.2, 0.25) is 0 Å². The number of aliphatic carboxylic acids is 1. The van der Waals surface area contributed by atoms with E-state index < -0.39 is 37.2 Å². The Morgan fingerprint density at radius 2 is 1.96 bits per heavy atom. The van der Waals surface area contributed by atoms with Crippen LogP contribution in [0.4, 0.5) is 4.79 Å². The third kappa shape index (κ3) is 5.83. The monoisotopic (exact) mass is 338 g/mol. The number of rotatable bonds is 7. The number of aliphatic hydroxyl groups is 1. The Kier molecular flexibility index (Phi) is 7.55. The maximum Gasteiger partial charge on any atom is 0.533 e. The van der Waals surface area contributed by atoms with Crippen LogP contribution < -0.4 is 0 Å². The summed E-state index contributed by atoms with van der Waals surface area (Å²) in [6.07, 6.45) is -1.35. The van der Waals surface area contributed by atoms with Gasteiger partial charge in [0.15, 0.2) is 6.04 Å². The van der Waals surface area contributed by atoms with Gasteiger partial charge < -0.3 is 19.8 Å². The van der Waals surface area contributed by atoms with Gasteiger partial charge in [-0.3, -0.25) is 4.79 Å². The van der Waals surface area contributed by atoms with Gasteiger partial charge in [0.1, 0.15) is 13.2 Å². The number of amides is 1. The number of carboxylic acid groups (broad SMARTS) is 1. The maximum absolute atomic E-state index is 11.8. The van der Waals surface area contributed by atoms with Crippen LogP contribution in [0.25, 0.3) is 10.4 Å². The first-order valence-electron chi connectivity index (χ1n) is 6.54. The number of aliphatic hydroxyl groups excluding tert-OH is 1. The molecule has 0 spiro atoms. The van der Waals surface area contributed by atoms with E-state index in [0.717, 1.165) is 0 Å². The fourth-order valence-corrected chi connectivity index (χ4v) is 1.53. The highest BCUT2D eigenvalue weighted by Crippen LogP contribution is 2.07. The molecule has 2 N–H and O–H groups in total. The van der Waals surface area contributed by atoms with E-state index in [2.05, 4.69) is 14.9 Å². The lowest BCUT2D eigenvalue weighted by Gasteiger charge is -2.24. The van der Waals surface area contributed by atoms with Crippen LogP contribution in [0.15, 0.2) is 35.4 Å². The van der Waals surface area contributed by atoms with Crippen molar-refractivity contribution in [3.8, 4) is 0 Å². The number of nitrogens with zero attached hydrogens (tertiary/aromatic N) is 4. The Morgan fingerprint density at radius 1 is 1.29 bits per heavy atom. The highest BCUT2D eigenvalue weighted by molar-refractivity contribution is 5.85. The van der Waals surface area contributed by atoms with Crippen LogP contribution in [0.5, 0.6) is 0 Å². The van der Waals surface area contributed by atoms with E-state index in [0.29, 0.717) is 5.56 Å². The summed E-state index contributed by atoms with van der Waals surface area (Å²) in [5.41, 5.74) is 8.82. The van der Waals surface area contributed by atoms with E-state index in [9.17, 15) is 14.4 Å². The van der Waals surface area contributed by atoms with Gasteiger partial charge >= 0.3 is 12.1 Å². The van der Waals surface area contributed by atoms with Gasteiger partial charge in [-0.2, -0.15) is 5.06 Å². The smallest absolute Gasteiger partial charge is 0.480 e. The zero-order valence-electron chi connectivity index (χ0n) is 12.3. The summed E-state index contributed by atoms with van der Waals surface area (Å²) in [7, 11) is 0. The van der Waals surface area contributed by atoms with Crippen molar-refractivity contribution in [2.24, 2.45) is 5.11 Å². The molecule has 0 aromatic heterocycles. The number of ether oxygens (including phenoxy) is 1. The van der Waals surface area contributed by atoms with Gasteiger partial charge in [-0.05, 0) is 11.1 Å². The first kappa shape index (κ1) is 18.7. The molecule has 0 saturated heterocycles. The summed E-state index contributed by atoms with van der Waals surface area (Å²) in [6.45, 7) is -2.00. The molecule has 24 heavy (non-hydrogen) atoms. The lowest BCUT2D eigenvalue weighted by atomic mass is 10.2. The van der Waals surface area contributed by atoms with Crippen molar-refractivity contribution in [1.82, 2.24) is 5.06 Å². The molecule has 0 fully saturated rings. The quantitative estimate of drug-likeness (QED) is 0.244. The molecule has 1 unspecified atom stereocenters. The molecule has 0 aliphatic carbocycles. The maximum atomic E-state index is 11.8. The largest absolute Gasteiger partial charge is 0.533 e. The molecule has 128 valence electrons. The number of hydrogen-bond donors (Lipinski definition) is 2. The lowest BCUT2D eigenvalue weighted by Crippen LogP contribution is -2.49. The zero-order chi connectivity index (χ0) is 17.9. The highest BCUT2D eigenvalue weighted by atomic mass is 16.8. The molecule has 1 aromatic rings. The number of carbonyl (C=O) groups excluding carboxylic acids is 2. The summed E-state index contributed by atoms with van der Waals surface area (Å²) in [5, 5.41) is 21.1. The summed E-state index contributed by atoms with van der Waals surface area (Å²) in [5.74, 6) is -2.76. The van der Waals surface area contributed by atoms with Crippen molar-refractivity contribution in [1.29, 1.82) is 0 Å². The fourth-order valence-electron chi connectivity index (χ4n) is 1.53.